The number of hydrogen-bond acceptors (Lipinski definition) is 4. The minimum atomic E-state index is 0.408. The van der Waals surface area contributed by atoms with Gasteiger partial charge in [-0.25, -0.2) is 4.59 Å². The molecule has 0 aromatic heterocycles. The van der Waals surface area contributed by atoms with Crippen molar-refractivity contribution >= 4 is 0 Å². The minimum absolute atomic E-state index is 0.408. The lowest BCUT2D eigenvalue weighted by Gasteiger charge is -2.28. The fourth-order valence-corrected chi connectivity index (χ4v) is 3.38. The highest BCUT2D eigenvalue weighted by atomic mass is 16.5. The van der Waals surface area contributed by atoms with Gasteiger partial charge in [-0.1, -0.05) is 69.4 Å². The molecule has 0 saturated carbocycles. The van der Waals surface area contributed by atoms with Crippen LogP contribution in [0.25, 0.3) is 0 Å². The van der Waals surface area contributed by atoms with Crippen LogP contribution in [-0.2, 0) is 11.3 Å². The Hall–Kier alpha value is -2.08. The number of nitrogens with zero attached hydrogens (tertiary/aromatic N) is 1. The predicted octanol–water partition coefficient (Wildman–Crippen LogP) is 5.34. The molecule has 2 N–H and O–H groups in total. The number of nitrogens with two attached hydrogens (primary N) is 1. The van der Waals surface area contributed by atoms with Crippen molar-refractivity contribution < 1.29 is 18.8 Å². The van der Waals surface area contributed by atoms with E-state index in [1.54, 1.807) is 0 Å². The third-order valence-corrected chi connectivity index (χ3v) is 5.22. The van der Waals surface area contributed by atoms with Crippen LogP contribution in [0.2, 0.25) is 0 Å². The van der Waals surface area contributed by atoms with Crippen LogP contribution in [0.1, 0.15) is 51.0 Å². The monoisotopic (exact) mass is 429 g/mol. The van der Waals surface area contributed by atoms with Crippen LogP contribution in [0, 0.1) is 0 Å². The van der Waals surface area contributed by atoms with Gasteiger partial charge in [-0.2, -0.15) is 5.84 Å². The van der Waals surface area contributed by atoms with Crippen molar-refractivity contribution in [3.05, 3.63) is 60.2 Å². The molecule has 2 rings (SSSR count). The zero-order valence-corrected chi connectivity index (χ0v) is 19.4. The van der Waals surface area contributed by atoms with E-state index in [9.17, 15) is 0 Å². The van der Waals surface area contributed by atoms with E-state index in [2.05, 4.69) is 19.1 Å². The molecule has 0 aliphatic heterocycles. The number of rotatable bonds is 17. The summed E-state index contributed by atoms with van der Waals surface area (Å²) in [7, 11) is 2.02. The van der Waals surface area contributed by atoms with Crippen molar-refractivity contribution in [1.29, 1.82) is 0 Å². The molecule has 0 fully saturated rings. The molecule has 0 aliphatic carbocycles. The largest absolute Gasteiger partial charge is 0.494 e. The zero-order chi connectivity index (χ0) is 22.2. The maximum Gasteiger partial charge on any atom is 0.122 e. The van der Waals surface area contributed by atoms with E-state index in [0.29, 0.717) is 24.4 Å². The van der Waals surface area contributed by atoms with Crippen LogP contribution < -0.4 is 15.3 Å². The second-order valence-electron chi connectivity index (χ2n) is 8.40. The molecule has 5 nitrogen and oxygen atoms in total. The van der Waals surface area contributed by atoms with Gasteiger partial charge >= 0.3 is 0 Å². The molecule has 0 amide bonds. The number of hydrogen-bond donors (Lipinski definition) is 1. The number of benzene rings is 2. The van der Waals surface area contributed by atoms with Crippen molar-refractivity contribution in [2.75, 3.05) is 40.0 Å². The Morgan fingerprint density at radius 2 is 1.32 bits per heavy atom. The van der Waals surface area contributed by atoms with Gasteiger partial charge in [0.15, 0.2) is 0 Å². The van der Waals surface area contributed by atoms with Crippen molar-refractivity contribution in [3.63, 3.8) is 0 Å². The Morgan fingerprint density at radius 1 is 0.710 bits per heavy atom. The van der Waals surface area contributed by atoms with E-state index in [-0.39, 0.29) is 0 Å². The van der Waals surface area contributed by atoms with E-state index < -0.39 is 0 Å². The van der Waals surface area contributed by atoms with E-state index in [4.69, 9.17) is 20.1 Å². The summed E-state index contributed by atoms with van der Waals surface area (Å²) in [6.45, 7) is 6.23. The van der Waals surface area contributed by atoms with Gasteiger partial charge in [0.25, 0.3) is 0 Å². The average molecular weight is 430 g/mol. The number of unbranched alkanes of at least 4 members (excludes halogenated alkanes) is 5. The predicted molar refractivity (Wildman–Crippen MR) is 127 cm³/mol. The third-order valence-electron chi connectivity index (χ3n) is 5.22. The fourth-order valence-electron chi connectivity index (χ4n) is 3.38. The molecular weight excluding hydrogens is 388 g/mol. The quantitative estimate of drug-likeness (QED) is 0.160. The summed E-state index contributed by atoms with van der Waals surface area (Å²) < 4.78 is 17.7. The Morgan fingerprint density at radius 3 is 2.00 bits per heavy atom. The molecule has 172 valence electrons. The molecular formula is C26H41N2O3+. The third kappa shape index (κ3) is 11.8. The highest BCUT2D eigenvalue weighted by Crippen LogP contribution is 2.18. The molecule has 1 atom stereocenters. The highest BCUT2D eigenvalue weighted by Gasteiger charge is 2.16. The summed E-state index contributed by atoms with van der Waals surface area (Å²) in [6, 6.07) is 18.1. The van der Waals surface area contributed by atoms with E-state index >= 15 is 0 Å². The molecule has 1 unspecified atom stereocenters. The highest BCUT2D eigenvalue weighted by molar-refractivity contribution is 5.31. The average Bonchev–Trinajstić information content (AvgIpc) is 2.77. The molecule has 0 spiro atoms. The van der Waals surface area contributed by atoms with Crippen LogP contribution >= 0.6 is 0 Å². The van der Waals surface area contributed by atoms with Crippen LogP contribution in [0.4, 0.5) is 0 Å². The second-order valence-corrected chi connectivity index (χ2v) is 8.40. The van der Waals surface area contributed by atoms with Crippen molar-refractivity contribution in [2.45, 2.75) is 52.0 Å². The first-order valence-corrected chi connectivity index (χ1v) is 11.7. The van der Waals surface area contributed by atoms with Gasteiger partial charge in [-0.15, -0.1) is 0 Å². The molecule has 0 saturated heterocycles. The summed E-state index contributed by atoms with van der Waals surface area (Å²) >= 11 is 0. The Bertz CT molecular complexity index is 690. The van der Waals surface area contributed by atoms with E-state index in [0.717, 1.165) is 37.6 Å². The Balaban J connectivity index is 1.51. The standard InChI is InChI=1S/C26H41N2O3/c1-3-4-5-6-7-11-19-30-25-14-16-26(17-15-25)31-22-21-29-20-18-28(2,27)23-24-12-9-8-10-13-24/h8-10,12-17H,3-7,11,18-23,27H2,1-2H3/q+1. The van der Waals surface area contributed by atoms with Gasteiger partial charge in [-0.05, 0) is 30.7 Å². The molecule has 31 heavy (non-hydrogen) atoms. The second kappa shape index (κ2) is 14.8. The first-order chi connectivity index (χ1) is 15.1. The van der Waals surface area contributed by atoms with Crippen molar-refractivity contribution in [3.8, 4) is 11.5 Å². The SMILES string of the molecule is CCCCCCCCOc1ccc(OCCOCC[N+](C)(N)Cc2ccccc2)cc1. The van der Waals surface area contributed by atoms with E-state index in [1.165, 1.54) is 37.7 Å². The summed E-state index contributed by atoms with van der Waals surface area (Å²) in [5.74, 6) is 8.08. The molecule has 2 aromatic carbocycles. The zero-order valence-electron chi connectivity index (χ0n) is 19.4. The lowest BCUT2D eigenvalue weighted by molar-refractivity contribution is -0.934. The normalized spacial score (nSPS) is 13.0. The minimum Gasteiger partial charge on any atom is -0.494 e. The Kier molecular flexibility index (Phi) is 12.1. The molecule has 0 aliphatic rings. The summed E-state index contributed by atoms with van der Waals surface area (Å²) in [4.78, 5) is 0. The van der Waals surface area contributed by atoms with Gasteiger partial charge in [0.1, 0.15) is 31.2 Å². The molecule has 0 heterocycles. The van der Waals surface area contributed by atoms with Gasteiger partial charge in [-0.3, -0.25) is 0 Å². The van der Waals surface area contributed by atoms with Crippen LogP contribution in [0.5, 0.6) is 11.5 Å². The molecule has 0 bridgehead atoms. The number of ether oxygens (including phenoxy) is 3. The first-order valence-electron chi connectivity index (χ1n) is 11.7. The number of quaternary nitrogens is 1. The van der Waals surface area contributed by atoms with Crippen LogP contribution in [0.15, 0.2) is 54.6 Å². The molecule has 5 heteroatoms. The first kappa shape index (κ1) is 25.2. The van der Waals surface area contributed by atoms with E-state index in [1.807, 2.05) is 49.5 Å². The maximum absolute atomic E-state index is 6.35. The van der Waals surface area contributed by atoms with Crippen LogP contribution in [0.3, 0.4) is 0 Å². The van der Waals surface area contributed by atoms with Crippen molar-refractivity contribution in [1.82, 2.24) is 0 Å². The van der Waals surface area contributed by atoms with Gasteiger partial charge in [0, 0.05) is 5.56 Å². The lowest BCUT2D eigenvalue weighted by atomic mass is 10.1. The lowest BCUT2D eigenvalue weighted by Crippen LogP contribution is -2.51. The van der Waals surface area contributed by atoms with Gasteiger partial charge in [0.05, 0.1) is 26.9 Å². The van der Waals surface area contributed by atoms with Crippen LogP contribution in [-0.4, -0.2) is 44.6 Å². The molecule has 2 aromatic rings. The number of likely N-dealkylation sites (N-methyl/N-ethyl adjacent to an activating group) is 1. The summed E-state index contributed by atoms with van der Waals surface area (Å²) in [5.41, 5.74) is 1.23. The fraction of sp³-hybridized carbons (Fsp3) is 0.538. The summed E-state index contributed by atoms with van der Waals surface area (Å²) in [5, 5.41) is 0. The summed E-state index contributed by atoms with van der Waals surface area (Å²) in [6.07, 6.45) is 7.64. The maximum atomic E-state index is 6.35. The van der Waals surface area contributed by atoms with Gasteiger partial charge < -0.3 is 14.2 Å². The van der Waals surface area contributed by atoms with Gasteiger partial charge in [0.2, 0.25) is 0 Å². The molecule has 0 radical (unpaired) electrons. The smallest absolute Gasteiger partial charge is 0.122 e. The topological polar surface area (TPSA) is 53.7 Å². The Labute approximate surface area is 188 Å². The van der Waals surface area contributed by atoms with Crippen molar-refractivity contribution in [2.24, 2.45) is 5.84 Å².